The first-order chi connectivity index (χ1) is 27.4. The molecule has 0 bridgehead atoms. The van der Waals surface area contributed by atoms with Gasteiger partial charge in [0, 0.05) is 37.4 Å². The van der Waals surface area contributed by atoms with E-state index in [2.05, 4.69) is 29.3 Å². The molecule has 294 valence electrons. The number of H-pyrrole nitrogens is 1. The third-order valence-electron chi connectivity index (χ3n) is 7.50. The third-order valence-corrected chi connectivity index (χ3v) is 10.5. The second-order valence-electron chi connectivity index (χ2n) is 11.5. The van der Waals surface area contributed by atoms with Crippen molar-refractivity contribution in [1.82, 2.24) is 29.3 Å². The van der Waals surface area contributed by atoms with E-state index < -0.39 is 0 Å². The van der Waals surface area contributed by atoms with Crippen molar-refractivity contribution in [2.75, 3.05) is 39.1 Å². The summed E-state index contributed by atoms with van der Waals surface area (Å²) in [6.45, 7) is 3.08. The SMILES string of the molecule is C1CCOC1.COc1ccc(-c2nc(=S)s[nH]2)cc1.COc1ccc(-c2nsc(SCC(=O)NCc3ccccc3)n2)cc1.O=C(CCl)NCc1ccccc1. The molecule has 1 aliphatic rings. The predicted octanol–water partition coefficient (Wildman–Crippen LogP) is 8.84. The number of nitrogens with zero attached hydrogens (tertiary/aromatic N) is 3. The Morgan fingerprint density at radius 1 is 0.786 bits per heavy atom. The summed E-state index contributed by atoms with van der Waals surface area (Å²) in [4.78, 5) is 31.3. The first-order valence-electron chi connectivity index (χ1n) is 17.4. The van der Waals surface area contributed by atoms with Gasteiger partial charge in [-0.05, 0) is 108 Å². The number of thioether (sulfide) groups is 1. The fraction of sp³-hybridized carbons (Fsp3) is 0.250. The largest absolute Gasteiger partial charge is 0.497 e. The number of hydrogen-bond donors (Lipinski definition) is 3. The molecule has 6 aromatic rings. The van der Waals surface area contributed by atoms with Crippen LogP contribution in [0.25, 0.3) is 22.8 Å². The number of carbonyl (C=O) groups excluding carboxylic acids is 2. The van der Waals surface area contributed by atoms with Gasteiger partial charge in [0.2, 0.25) is 11.8 Å². The molecule has 3 N–H and O–H groups in total. The lowest BCUT2D eigenvalue weighted by molar-refractivity contribution is -0.119. The van der Waals surface area contributed by atoms with Crippen LogP contribution in [0.15, 0.2) is 114 Å². The number of amides is 2. The maximum absolute atomic E-state index is 11.9. The highest BCUT2D eigenvalue weighted by molar-refractivity contribution is 8.01. The number of aromatic amines is 1. The van der Waals surface area contributed by atoms with Crippen LogP contribution in [0, 0.1) is 3.95 Å². The van der Waals surface area contributed by atoms with E-state index in [1.165, 1.54) is 47.7 Å². The second-order valence-corrected chi connectivity index (χ2v) is 15.2. The molecular weight excluding hydrogens is 808 g/mol. The normalized spacial score (nSPS) is 11.3. The molecule has 1 fully saturated rings. The van der Waals surface area contributed by atoms with Crippen molar-refractivity contribution in [2.45, 2.75) is 30.3 Å². The van der Waals surface area contributed by atoms with Gasteiger partial charge in [0.15, 0.2) is 14.1 Å². The van der Waals surface area contributed by atoms with E-state index >= 15 is 0 Å². The molecule has 2 amide bonds. The van der Waals surface area contributed by atoms with Crippen LogP contribution in [-0.4, -0.2) is 69.6 Å². The average Bonchev–Trinajstić information content (AvgIpc) is 4.08. The molecule has 0 aliphatic carbocycles. The van der Waals surface area contributed by atoms with E-state index in [1.807, 2.05) is 109 Å². The Bertz CT molecular complexity index is 2050. The molecule has 0 saturated carbocycles. The van der Waals surface area contributed by atoms with E-state index in [-0.39, 0.29) is 17.7 Å². The zero-order chi connectivity index (χ0) is 39.8. The van der Waals surface area contributed by atoms with Gasteiger partial charge in [-0.15, -0.1) is 11.6 Å². The van der Waals surface area contributed by atoms with Crippen LogP contribution in [0.4, 0.5) is 0 Å². The molecule has 0 radical (unpaired) electrons. The predicted molar refractivity (Wildman–Crippen MR) is 229 cm³/mol. The number of rotatable bonds is 12. The van der Waals surface area contributed by atoms with Gasteiger partial charge in [0.05, 0.1) is 20.0 Å². The molecule has 1 saturated heterocycles. The molecule has 0 atom stereocenters. The van der Waals surface area contributed by atoms with Crippen LogP contribution in [0.5, 0.6) is 11.5 Å². The summed E-state index contributed by atoms with van der Waals surface area (Å²) in [6, 6.07) is 34.8. The van der Waals surface area contributed by atoms with Crippen molar-refractivity contribution in [3.63, 3.8) is 0 Å². The van der Waals surface area contributed by atoms with Gasteiger partial charge in [-0.2, -0.15) is 4.37 Å². The fourth-order valence-corrected chi connectivity index (χ4v) is 6.80. The third kappa shape index (κ3) is 16.6. The summed E-state index contributed by atoms with van der Waals surface area (Å²) in [6.07, 6.45) is 2.56. The highest BCUT2D eigenvalue weighted by Crippen LogP contribution is 2.26. The molecule has 2 aromatic heterocycles. The van der Waals surface area contributed by atoms with E-state index in [9.17, 15) is 9.59 Å². The standard InChI is InChI=1S/C18H17N3O2S2.C9H10ClNO.C9H8N2OS2.C4H8O/c1-23-15-9-7-14(8-10-15)17-20-18(25-21-17)24-12-16(22)19-11-13-5-3-2-4-6-13;10-6-9(12)11-7-8-4-2-1-3-5-8;1-12-7-4-2-6(3-5-7)8-10-9(13)14-11-8;1-2-4-5-3-1/h2-10H,11-12H2,1H3,(H,19,22);1-5H,6-7H2,(H,11,12);2-5H,1H3,(H,10,11,13);1-4H2. The van der Waals surface area contributed by atoms with Gasteiger partial charge >= 0.3 is 0 Å². The number of carbonyl (C=O) groups is 2. The van der Waals surface area contributed by atoms with Crippen LogP contribution in [0.3, 0.4) is 0 Å². The lowest BCUT2D eigenvalue weighted by Gasteiger charge is -2.03. The molecule has 4 aromatic carbocycles. The fourth-order valence-electron chi connectivity index (χ4n) is 4.56. The topological polar surface area (TPSA) is 140 Å². The molecule has 56 heavy (non-hydrogen) atoms. The van der Waals surface area contributed by atoms with Crippen LogP contribution < -0.4 is 20.1 Å². The lowest BCUT2D eigenvalue weighted by Crippen LogP contribution is -2.24. The lowest BCUT2D eigenvalue weighted by atomic mass is 10.2. The monoisotopic (exact) mass is 850 g/mol. The summed E-state index contributed by atoms with van der Waals surface area (Å²) in [5.41, 5.74) is 4.10. The van der Waals surface area contributed by atoms with E-state index in [1.54, 1.807) is 14.2 Å². The zero-order valence-electron chi connectivity index (χ0n) is 30.9. The van der Waals surface area contributed by atoms with Gasteiger partial charge < -0.3 is 24.8 Å². The maximum Gasteiger partial charge on any atom is 0.235 e. The van der Waals surface area contributed by atoms with Crippen LogP contribution >= 0.6 is 58.6 Å². The molecular formula is C40H43ClN6O5S4. The summed E-state index contributed by atoms with van der Waals surface area (Å²) in [7, 11) is 3.28. The molecule has 3 heterocycles. The van der Waals surface area contributed by atoms with E-state index in [0.717, 1.165) is 57.1 Å². The minimum absolute atomic E-state index is 0.0185. The summed E-state index contributed by atoms with van der Waals surface area (Å²) in [5.74, 6) is 3.29. The van der Waals surface area contributed by atoms with Crippen molar-refractivity contribution in [3.05, 3.63) is 124 Å². The van der Waals surface area contributed by atoms with Crippen molar-refractivity contribution in [1.29, 1.82) is 0 Å². The number of aromatic nitrogens is 4. The Morgan fingerprint density at radius 2 is 1.32 bits per heavy atom. The number of benzene rings is 4. The molecule has 16 heteroatoms. The Kier molecular flexibility index (Phi) is 20.1. The van der Waals surface area contributed by atoms with Gasteiger partial charge in [0.1, 0.15) is 23.2 Å². The molecule has 0 spiro atoms. The molecule has 7 rings (SSSR count). The number of methoxy groups -OCH3 is 2. The van der Waals surface area contributed by atoms with Crippen molar-refractivity contribution >= 4 is 70.5 Å². The van der Waals surface area contributed by atoms with Crippen LogP contribution in [0.1, 0.15) is 24.0 Å². The Morgan fingerprint density at radius 3 is 1.79 bits per heavy atom. The Labute approximate surface area is 349 Å². The number of ether oxygens (including phenoxy) is 3. The van der Waals surface area contributed by atoms with Gasteiger partial charge in [-0.1, -0.05) is 72.4 Å². The first-order valence-corrected chi connectivity index (χ1v) is 20.9. The van der Waals surface area contributed by atoms with Crippen molar-refractivity contribution in [3.8, 4) is 34.3 Å². The summed E-state index contributed by atoms with van der Waals surface area (Å²) < 4.78 is 23.9. The van der Waals surface area contributed by atoms with Crippen LogP contribution in [0.2, 0.25) is 0 Å². The number of alkyl halides is 1. The van der Waals surface area contributed by atoms with Crippen LogP contribution in [-0.2, 0) is 27.4 Å². The smallest absolute Gasteiger partial charge is 0.235 e. The number of halogens is 1. The van der Waals surface area contributed by atoms with Gasteiger partial charge in [-0.3, -0.25) is 14.0 Å². The van der Waals surface area contributed by atoms with Gasteiger partial charge in [-0.25, -0.2) is 9.97 Å². The Balaban J connectivity index is 0.000000189. The zero-order valence-corrected chi connectivity index (χ0v) is 35.0. The average molecular weight is 852 g/mol. The highest BCUT2D eigenvalue weighted by atomic mass is 35.5. The molecule has 0 unspecified atom stereocenters. The summed E-state index contributed by atoms with van der Waals surface area (Å²) >= 11 is 14.3. The minimum Gasteiger partial charge on any atom is -0.497 e. The van der Waals surface area contributed by atoms with Gasteiger partial charge in [0.25, 0.3) is 0 Å². The molecule has 1 aliphatic heterocycles. The number of hydrogen-bond acceptors (Lipinski definition) is 12. The second kappa shape index (κ2) is 25.5. The van der Waals surface area contributed by atoms with E-state index in [0.29, 0.717) is 28.6 Å². The highest BCUT2D eigenvalue weighted by Gasteiger charge is 2.10. The van der Waals surface area contributed by atoms with Crippen molar-refractivity contribution < 1.29 is 23.8 Å². The number of nitrogens with one attached hydrogen (secondary N) is 3. The summed E-state index contributed by atoms with van der Waals surface area (Å²) in [5, 5.41) is 5.58. The molecule has 11 nitrogen and oxygen atoms in total. The first kappa shape index (κ1) is 44.1. The van der Waals surface area contributed by atoms with Crippen molar-refractivity contribution in [2.24, 2.45) is 0 Å². The maximum atomic E-state index is 11.9. The quantitative estimate of drug-likeness (QED) is 0.0622. The minimum atomic E-state index is -0.138. The van der Waals surface area contributed by atoms with E-state index in [4.69, 9.17) is 38.0 Å². The Hall–Kier alpha value is -4.64.